The third-order valence-corrected chi connectivity index (χ3v) is 3.99. The number of rotatable bonds is 2. The van der Waals surface area contributed by atoms with Gasteiger partial charge in [-0.2, -0.15) is 0 Å². The van der Waals surface area contributed by atoms with Crippen molar-refractivity contribution in [3.05, 3.63) is 35.4 Å². The molecule has 0 N–H and O–H groups in total. The van der Waals surface area contributed by atoms with Crippen molar-refractivity contribution in [3.8, 4) is 0 Å². The van der Waals surface area contributed by atoms with Crippen LogP contribution < -0.4 is 0 Å². The fourth-order valence-corrected chi connectivity index (χ4v) is 2.79. The van der Waals surface area contributed by atoms with Gasteiger partial charge < -0.3 is 0 Å². The SMILES string of the molecule is CCc1cccc(C2(C)CCCCC2)c1. The van der Waals surface area contributed by atoms with Crippen molar-refractivity contribution in [1.82, 2.24) is 0 Å². The van der Waals surface area contributed by atoms with Gasteiger partial charge >= 0.3 is 0 Å². The molecule has 2 rings (SSSR count). The van der Waals surface area contributed by atoms with Crippen LogP contribution in [0, 0.1) is 0 Å². The fraction of sp³-hybridized carbons (Fsp3) is 0.600. The summed E-state index contributed by atoms with van der Waals surface area (Å²) in [6, 6.07) is 9.22. The zero-order valence-corrected chi connectivity index (χ0v) is 10.1. The van der Waals surface area contributed by atoms with E-state index in [1.165, 1.54) is 37.7 Å². The lowest BCUT2D eigenvalue weighted by atomic mass is 9.71. The largest absolute Gasteiger partial charge is 0.0617 e. The van der Waals surface area contributed by atoms with E-state index < -0.39 is 0 Å². The lowest BCUT2D eigenvalue weighted by Crippen LogP contribution is -2.25. The molecule has 1 aliphatic carbocycles. The molecule has 0 spiro atoms. The topological polar surface area (TPSA) is 0 Å². The van der Waals surface area contributed by atoms with E-state index in [1.807, 2.05) is 0 Å². The third kappa shape index (κ3) is 2.25. The molecule has 0 nitrogen and oxygen atoms in total. The van der Waals surface area contributed by atoms with Crippen LogP contribution in [0.2, 0.25) is 0 Å². The summed E-state index contributed by atoms with van der Waals surface area (Å²) in [5.74, 6) is 0. The van der Waals surface area contributed by atoms with E-state index in [1.54, 1.807) is 5.56 Å². The Morgan fingerprint density at radius 1 is 1.13 bits per heavy atom. The molecule has 0 radical (unpaired) electrons. The highest BCUT2D eigenvalue weighted by atomic mass is 14.3. The van der Waals surface area contributed by atoms with Crippen LogP contribution in [-0.2, 0) is 11.8 Å². The van der Waals surface area contributed by atoms with Gasteiger partial charge in [-0.1, -0.05) is 57.4 Å². The molecule has 0 unspecified atom stereocenters. The summed E-state index contributed by atoms with van der Waals surface area (Å²) in [5, 5.41) is 0. The van der Waals surface area contributed by atoms with Crippen molar-refractivity contribution >= 4 is 0 Å². The summed E-state index contributed by atoms with van der Waals surface area (Å²) in [6.45, 7) is 4.68. The van der Waals surface area contributed by atoms with Crippen LogP contribution in [0.15, 0.2) is 24.3 Å². The Labute approximate surface area is 93.7 Å². The number of benzene rings is 1. The average Bonchev–Trinajstić information content (AvgIpc) is 2.30. The smallest absolute Gasteiger partial charge is 0.00751 e. The Morgan fingerprint density at radius 3 is 2.53 bits per heavy atom. The van der Waals surface area contributed by atoms with E-state index in [4.69, 9.17) is 0 Å². The zero-order chi connectivity index (χ0) is 10.7. The molecular weight excluding hydrogens is 180 g/mol. The van der Waals surface area contributed by atoms with Crippen molar-refractivity contribution in [2.24, 2.45) is 0 Å². The van der Waals surface area contributed by atoms with Crippen LogP contribution >= 0.6 is 0 Å². The first-order valence-corrected chi connectivity index (χ1v) is 6.34. The van der Waals surface area contributed by atoms with Gasteiger partial charge in [0.2, 0.25) is 0 Å². The van der Waals surface area contributed by atoms with Gasteiger partial charge in [0.05, 0.1) is 0 Å². The Hall–Kier alpha value is -0.780. The predicted octanol–water partition coefficient (Wildman–Crippen LogP) is 4.47. The summed E-state index contributed by atoms with van der Waals surface area (Å²) < 4.78 is 0. The second kappa shape index (κ2) is 4.38. The minimum absolute atomic E-state index is 0.462. The third-order valence-electron chi connectivity index (χ3n) is 3.99. The first-order chi connectivity index (χ1) is 7.24. The van der Waals surface area contributed by atoms with Crippen LogP contribution in [0.3, 0.4) is 0 Å². The number of hydrogen-bond donors (Lipinski definition) is 0. The molecule has 1 aromatic rings. The van der Waals surface area contributed by atoms with E-state index in [2.05, 4.69) is 38.1 Å². The molecule has 0 bridgehead atoms. The lowest BCUT2D eigenvalue weighted by Gasteiger charge is -2.34. The molecule has 0 saturated heterocycles. The Morgan fingerprint density at radius 2 is 1.87 bits per heavy atom. The average molecular weight is 202 g/mol. The summed E-state index contributed by atoms with van der Waals surface area (Å²) in [7, 11) is 0. The highest BCUT2D eigenvalue weighted by molar-refractivity contribution is 5.30. The highest BCUT2D eigenvalue weighted by Crippen LogP contribution is 2.39. The molecule has 0 atom stereocenters. The lowest BCUT2D eigenvalue weighted by molar-refractivity contribution is 0.319. The second-order valence-electron chi connectivity index (χ2n) is 5.18. The molecule has 0 aliphatic heterocycles. The van der Waals surface area contributed by atoms with Gasteiger partial charge in [-0.3, -0.25) is 0 Å². The first kappa shape index (κ1) is 10.7. The van der Waals surface area contributed by atoms with E-state index >= 15 is 0 Å². The molecule has 0 heteroatoms. The quantitative estimate of drug-likeness (QED) is 0.663. The van der Waals surface area contributed by atoms with Gasteiger partial charge in [0.15, 0.2) is 0 Å². The number of aryl methyl sites for hydroxylation is 1. The first-order valence-electron chi connectivity index (χ1n) is 6.34. The van der Waals surface area contributed by atoms with Crippen LogP contribution in [-0.4, -0.2) is 0 Å². The van der Waals surface area contributed by atoms with E-state index in [9.17, 15) is 0 Å². The Kier molecular flexibility index (Phi) is 3.14. The normalized spacial score (nSPS) is 20.1. The van der Waals surface area contributed by atoms with Gasteiger partial charge in [-0.15, -0.1) is 0 Å². The van der Waals surface area contributed by atoms with Crippen molar-refractivity contribution in [2.45, 2.75) is 57.8 Å². The van der Waals surface area contributed by atoms with Crippen molar-refractivity contribution in [1.29, 1.82) is 0 Å². The fourth-order valence-electron chi connectivity index (χ4n) is 2.79. The Bertz CT molecular complexity index is 319. The molecule has 0 heterocycles. The van der Waals surface area contributed by atoms with Gasteiger partial charge in [-0.25, -0.2) is 0 Å². The maximum atomic E-state index is 2.45. The maximum Gasteiger partial charge on any atom is -0.00751 e. The van der Waals surface area contributed by atoms with Gasteiger partial charge in [0, 0.05) is 0 Å². The van der Waals surface area contributed by atoms with Gasteiger partial charge in [0.1, 0.15) is 0 Å². The second-order valence-corrected chi connectivity index (χ2v) is 5.18. The van der Waals surface area contributed by atoms with Gasteiger partial charge in [-0.05, 0) is 35.8 Å². The van der Waals surface area contributed by atoms with Crippen molar-refractivity contribution in [3.63, 3.8) is 0 Å². The molecule has 1 aliphatic rings. The molecule has 82 valence electrons. The van der Waals surface area contributed by atoms with Crippen LogP contribution in [0.4, 0.5) is 0 Å². The number of hydrogen-bond acceptors (Lipinski definition) is 0. The maximum absolute atomic E-state index is 2.45. The standard InChI is InChI=1S/C15H22/c1-3-13-8-7-9-14(12-13)15(2)10-5-4-6-11-15/h7-9,12H,3-6,10-11H2,1-2H3. The predicted molar refractivity (Wildman–Crippen MR) is 66.3 cm³/mol. The molecule has 0 amide bonds. The van der Waals surface area contributed by atoms with Crippen LogP contribution in [0.5, 0.6) is 0 Å². The van der Waals surface area contributed by atoms with E-state index in [0.29, 0.717) is 5.41 Å². The Balaban J connectivity index is 2.26. The molecule has 1 aromatic carbocycles. The molecule has 15 heavy (non-hydrogen) atoms. The molecule has 1 saturated carbocycles. The molecular formula is C15H22. The summed E-state index contributed by atoms with van der Waals surface area (Å²) in [4.78, 5) is 0. The molecule has 1 fully saturated rings. The van der Waals surface area contributed by atoms with Crippen molar-refractivity contribution < 1.29 is 0 Å². The minimum Gasteiger partial charge on any atom is -0.0617 e. The van der Waals surface area contributed by atoms with E-state index in [-0.39, 0.29) is 0 Å². The summed E-state index contributed by atoms with van der Waals surface area (Å²) in [5.41, 5.74) is 3.52. The zero-order valence-electron chi connectivity index (χ0n) is 10.1. The summed E-state index contributed by atoms with van der Waals surface area (Å²) in [6.07, 6.45) is 8.16. The summed E-state index contributed by atoms with van der Waals surface area (Å²) >= 11 is 0. The van der Waals surface area contributed by atoms with Crippen LogP contribution in [0.25, 0.3) is 0 Å². The van der Waals surface area contributed by atoms with Gasteiger partial charge in [0.25, 0.3) is 0 Å². The molecule has 0 aromatic heterocycles. The monoisotopic (exact) mass is 202 g/mol. The van der Waals surface area contributed by atoms with Crippen molar-refractivity contribution in [2.75, 3.05) is 0 Å². The van der Waals surface area contributed by atoms with E-state index in [0.717, 1.165) is 6.42 Å². The minimum atomic E-state index is 0.462. The van der Waals surface area contributed by atoms with Crippen LogP contribution in [0.1, 0.15) is 57.1 Å². The highest BCUT2D eigenvalue weighted by Gasteiger charge is 2.28.